The normalized spacial score (nSPS) is 10.1. The van der Waals surface area contributed by atoms with E-state index in [0.29, 0.717) is 5.88 Å². The fraction of sp³-hybridized carbons (Fsp3) is 0.167. The molecular weight excluding hydrogens is 202 g/mol. The van der Waals surface area contributed by atoms with E-state index < -0.39 is 0 Å². The van der Waals surface area contributed by atoms with Gasteiger partial charge in [-0.25, -0.2) is 9.97 Å². The van der Waals surface area contributed by atoms with Crippen molar-refractivity contribution in [3.8, 4) is 11.6 Å². The van der Waals surface area contributed by atoms with Gasteiger partial charge in [0, 0.05) is 18.8 Å². The first-order valence-electron chi connectivity index (χ1n) is 5.06. The summed E-state index contributed by atoms with van der Waals surface area (Å²) in [6.07, 6.45) is 3.11. The summed E-state index contributed by atoms with van der Waals surface area (Å²) in [5, 5.41) is 3.09. The molecule has 0 fully saturated rings. The molecule has 0 aliphatic carbocycles. The minimum absolute atomic E-state index is 0.552. The van der Waals surface area contributed by atoms with E-state index in [1.165, 1.54) is 11.9 Å². The van der Waals surface area contributed by atoms with Crippen molar-refractivity contribution in [1.82, 2.24) is 15.3 Å². The number of hydrogen-bond acceptors (Lipinski definition) is 4. The zero-order valence-corrected chi connectivity index (χ0v) is 9.05. The first-order valence-corrected chi connectivity index (χ1v) is 5.06. The summed E-state index contributed by atoms with van der Waals surface area (Å²) in [6.45, 7) is 0.855. The third kappa shape index (κ3) is 2.77. The van der Waals surface area contributed by atoms with Crippen LogP contribution in [0.2, 0.25) is 0 Å². The van der Waals surface area contributed by atoms with Crippen molar-refractivity contribution in [3.63, 3.8) is 0 Å². The molecule has 2 aromatic rings. The van der Waals surface area contributed by atoms with Gasteiger partial charge < -0.3 is 10.1 Å². The standard InChI is InChI=1S/C12H13N3O/c1-13-8-10-2-4-11(5-3-10)16-12-6-7-14-9-15-12/h2-7,9,13H,8H2,1H3. The fourth-order valence-corrected chi connectivity index (χ4v) is 1.34. The number of ether oxygens (including phenoxy) is 1. The third-order valence-electron chi connectivity index (χ3n) is 2.08. The Balaban J connectivity index is 2.05. The van der Waals surface area contributed by atoms with Crippen molar-refractivity contribution in [2.45, 2.75) is 6.54 Å². The van der Waals surface area contributed by atoms with Gasteiger partial charge in [-0.3, -0.25) is 0 Å². The zero-order chi connectivity index (χ0) is 11.2. The Morgan fingerprint density at radius 2 is 2.00 bits per heavy atom. The molecule has 0 bridgehead atoms. The van der Waals surface area contributed by atoms with E-state index in [1.54, 1.807) is 12.3 Å². The van der Waals surface area contributed by atoms with Crippen LogP contribution in [0.3, 0.4) is 0 Å². The van der Waals surface area contributed by atoms with Gasteiger partial charge in [0.2, 0.25) is 5.88 Å². The molecule has 2 rings (SSSR count). The topological polar surface area (TPSA) is 47.0 Å². The monoisotopic (exact) mass is 215 g/mol. The molecule has 0 amide bonds. The average Bonchev–Trinajstić information content (AvgIpc) is 2.33. The largest absolute Gasteiger partial charge is 0.439 e. The molecule has 82 valence electrons. The van der Waals surface area contributed by atoms with Crippen molar-refractivity contribution >= 4 is 0 Å². The summed E-state index contributed by atoms with van der Waals surface area (Å²) in [6, 6.07) is 9.62. The average molecular weight is 215 g/mol. The SMILES string of the molecule is CNCc1ccc(Oc2ccncn2)cc1. The number of aromatic nitrogens is 2. The van der Waals surface area contributed by atoms with Crippen LogP contribution in [0.5, 0.6) is 11.6 Å². The highest BCUT2D eigenvalue weighted by atomic mass is 16.5. The van der Waals surface area contributed by atoms with Crippen LogP contribution < -0.4 is 10.1 Å². The van der Waals surface area contributed by atoms with E-state index in [0.717, 1.165) is 12.3 Å². The summed E-state index contributed by atoms with van der Waals surface area (Å²) in [5.74, 6) is 1.33. The number of rotatable bonds is 4. The Morgan fingerprint density at radius 1 is 1.19 bits per heavy atom. The molecule has 0 spiro atoms. The first-order chi connectivity index (χ1) is 7.88. The lowest BCUT2D eigenvalue weighted by Crippen LogP contribution is -2.04. The van der Waals surface area contributed by atoms with Crippen LogP contribution in [-0.4, -0.2) is 17.0 Å². The quantitative estimate of drug-likeness (QED) is 0.847. The smallest absolute Gasteiger partial charge is 0.222 e. The van der Waals surface area contributed by atoms with Gasteiger partial charge in [-0.1, -0.05) is 12.1 Å². The maximum atomic E-state index is 5.54. The molecule has 4 nitrogen and oxygen atoms in total. The van der Waals surface area contributed by atoms with E-state index in [4.69, 9.17) is 4.74 Å². The fourth-order valence-electron chi connectivity index (χ4n) is 1.34. The summed E-state index contributed by atoms with van der Waals surface area (Å²) in [5.41, 5.74) is 1.22. The molecule has 1 aromatic carbocycles. The van der Waals surface area contributed by atoms with Crippen molar-refractivity contribution in [2.75, 3.05) is 7.05 Å². The number of benzene rings is 1. The van der Waals surface area contributed by atoms with Gasteiger partial charge in [0.15, 0.2) is 0 Å². The summed E-state index contributed by atoms with van der Waals surface area (Å²) < 4.78 is 5.54. The van der Waals surface area contributed by atoms with Gasteiger partial charge in [0.1, 0.15) is 12.1 Å². The maximum absolute atomic E-state index is 5.54. The van der Waals surface area contributed by atoms with Gasteiger partial charge in [0.05, 0.1) is 0 Å². The van der Waals surface area contributed by atoms with E-state index >= 15 is 0 Å². The molecule has 0 radical (unpaired) electrons. The highest BCUT2D eigenvalue weighted by Gasteiger charge is 1.97. The maximum Gasteiger partial charge on any atom is 0.222 e. The van der Waals surface area contributed by atoms with Crippen LogP contribution in [0.1, 0.15) is 5.56 Å². The van der Waals surface area contributed by atoms with E-state index in [9.17, 15) is 0 Å². The predicted molar refractivity (Wildman–Crippen MR) is 61.3 cm³/mol. The van der Waals surface area contributed by atoms with Crippen molar-refractivity contribution < 1.29 is 4.74 Å². The van der Waals surface area contributed by atoms with Crippen LogP contribution in [-0.2, 0) is 6.54 Å². The Morgan fingerprint density at radius 3 is 2.62 bits per heavy atom. The van der Waals surface area contributed by atoms with Crippen LogP contribution in [0, 0.1) is 0 Å². The minimum atomic E-state index is 0.552. The van der Waals surface area contributed by atoms with E-state index in [1.807, 2.05) is 31.3 Å². The highest BCUT2D eigenvalue weighted by Crippen LogP contribution is 2.18. The van der Waals surface area contributed by atoms with Crippen LogP contribution in [0.15, 0.2) is 42.9 Å². The Kier molecular flexibility index (Phi) is 3.46. The minimum Gasteiger partial charge on any atom is -0.439 e. The number of nitrogens with one attached hydrogen (secondary N) is 1. The number of nitrogens with zero attached hydrogens (tertiary/aromatic N) is 2. The van der Waals surface area contributed by atoms with Crippen LogP contribution in [0.4, 0.5) is 0 Å². The Labute approximate surface area is 94.3 Å². The van der Waals surface area contributed by atoms with Gasteiger partial charge in [0.25, 0.3) is 0 Å². The van der Waals surface area contributed by atoms with Crippen molar-refractivity contribution in [3.05, 3.63) is 48.4 Å². The first kappa shape index (κ1) is 10.6. The molecule has 4 heteroatoms. The number of hydrogen-bond donors (Lipinski definition) is 1. The van der Waals surface area contributed by atoms with Gasteiger partial charge in [-0.15, -0.1) is 0 Å². The summed E-state index contributed by atoms with van der Waals surface area (Å²) >= 11 is 0. The lowest BCUT2D eigenvalue weighted by Gasteiger charge is -2.05. The summed E-state index contributed by atoms with van der Waals surface area (Å²) in [7, 11) is 1.92. The zero-order valence-electron chi connectivity index (χ0n) is 9.05. The lowest BCUT2D eigenvalue weighted by molar-refractivity contribution is 0.461. The Hall–Kier alpha value is -1.94. The molecule has 0 aliphatic heterocycles. The van der Waals surface area contributed by atoms with Crippen LogP contribution in [0.25, 0.3) is 0 Å². The third-order valence-corrected chi connectivity index (χ3v) is 2.08. The molecule has 0 saturated heterocycles. The van der Waals surface area contributed by atoms with Crippen molar-refractivity contribution in [2.24, 2.45) is 0 Å². The molecule has 0 saturated carbocycles. The molecule has 0 unspecified atom stereocenters. The Bertz CT molecular complexity index is 428. The van der Waals surface area contributed by atoms with Crippen LogP contribution >= 0.6 is 0 Å². The molecule has 0 aliphatic rings. The van der Waals surface area contributed by atoms with E-state index in [-0.39, 0.29) is 0 Å². The second kappa shape index (κ2) is 5.23. The molecule has 16 heavy (non-hydrogen) atoms. The van der Waals surface area contributed by atoms with Gasteiger partial charge >= 0.3 is 0 Å². The second-order valence-electron chi connectivity index (χ2n) is 3.32. The second-order valence-corrected chi connectivity index (χ2v) is 3.32. The van der Waals surface area contributed by atoms with Gasteiger partial charge in [-0.05, 0) is 24.7 Å². The summed E-state index contributed by atoms with van der Waals surface area (Å²) in [4.78, 5) is 7.81. The molecule has 1 N–H and O–H groups in total. The molecule has 1 heterocycles. The van der Waals surface area contributed by atoms with Gasteiger partial charge in [-0.2, -0.15) is 0 Å². The van der Waals surface area contributed by atoms with E-state index in [2.05, 4.69) is 15.3 Å². The highest BCUT2D eigenvalue weighted by molar-refractivity contribution is 5.29. The molecule has 0 atom stereocenters. The lowest BCUT2D eigenvalue weighted by atomic mass is 10.2. The molecule has 1 aromatic heterocycles. The predicted octanol–water partition coefficient (Wildman–Crippen LogP) is 1.99. The van der Waals surface area contributed by atoms with Crippen molar-refractivity contribution in [1.29, 1.82) is 0 Å². The molecular formula is C12H13N3O.